The highest BCUT2D eigenvalue weighted by Crippen LogP contribution is 2.35. The average Bonchev–Trinajstić information content (AvgIpc) is 3.42. The van der Waals surface area contributed by atoms with E-state index in [2.05, 4.69) is 16.0 Å². The number of carbonyl (C=O) groups is 3. The highest BCUT2D eigenvalue weighted by Gasteiger charge is 2.53. The van der Waals surface area contributed by atoms with Gasteiger partial charge in [0.15, 0.2) is 5.54 Å². The van der Waals surface area contributed by atoms with E-state index in [1.165, 1.54) is 12.0 Å². The molecule has 4 amide bonds. The van der Waals surface area contributed by atoms with E-state index >= 15 is 0 Å². The van der Waals surface area contributed by atoms with Gasteiger partial charge >= 0.3 is 6.03 Å². The van der Waals surface area contributed by atoms with E-state index < -0.39 is 17.5 Å². The van der Waals surface area contributed by atoms with Gasteiger partial charge < -0.3 is 24.7 Å². The third-order valence-electron chi connectivity index (χ3n) is 5.95. The van der Waals surface area contributed by atoms with Crippen LogP contribution in [0.1, 0.15) is 27.2 Å². The molecule has 9 heteroatoms. The number of rotatable bonds is 6. The number of imide groups is 1. The molecule has 9 nitrogen and oxygen atoms in total. The van der Waals surface area contributed by atoms with Crippen molar-refractivity contribution in [2.45, 2.75) is 18.6 Å². The highest BCUT2D eigenvalue weighted by molar-refractivity contribution is 6.08. The van der Waals surface area contributed by atoms with Crippen molar-refractivity contribution in [1.29, 1.82) is 0 Å². The Morgan fingerprint density at radius 2 is 2.00 bits per heavy atom. The molecule has 3 aromatic rings. The first-order valence-electron chi connectivity index (χ1n) is 10.2. The first-order valence-corrected chi connectivity index (χ1v) is 10.2. The summed E-state index contributed by atoms with van der Waals surface area (Å²) in [4.78, 5) is 39.8. The third kappa shape index (κ3) is 3.09. The van der Waals surface area contributed by atoms with Gasteiger partial charge in [0, 0.05) is 24.0 Å². The fraction of sp³-hybridized carbons (Fsp3) is 0.261. The molecule has 0 saturated carbocycles. The van der Waals surface area contributed by atoms with Crippen molar-refractivity contribution in [3.8, 4) is 5.75 Å². The summed E-state index contributed by atoms with van der Waals surface area (Å²) in [5.41, 5.74) is 1.47. The van der Waals surface area contributed by atoms with Gasteiger partial charge in [0.05, 0.1) is 13.7 Å². The topological polar surface area (TPSA) is 113 Å². The number of furan rings is 1. The SMILES string of the molecule is CNCc1ccc2oc([C@]3(CN4Cc5ccc(OC)cc5C4=O)NC(=O)NC3=O)cc2c1. The summed E-state index contributed by atoms with van der Waals surface area (Å²) in [7, 11) is 3.40. The van der Waals surface area contributed by atoms with E-state index in [1.54, 1.807) is 18.2 Å². The second-order valence-corrected chi connectivity index (χ2v) is 8.01. The zero-order valence-electron chi connectivity index (χ0n) is 17.7. The molecule has 32 heavy (non-hydrogen) atoms. The molecule has 3 heterocycles. The Hall–Kier alpha value is -3.85. The third-order valence-corrected chi connectivity index (χ3v) is 5.95. The molecule has 1 fully saturated rings. The fourth-order valence-electron chi connectivity index (χ4n) is 4.35. The van der Waals surface area contributed by atoms with Gasteiger partial charge in [-0.3, -0.25) is 14.9 Å². The second kappa shape index (κ2) is 7.38. The van der Waals surface area contributed by atoms with Gasteiger partial charge in [-0.05, 0) is 48.5 Å². The minimum Gasteiger partial charge on any atom is -0.497 e. The molecule has 0 spiro atoms. The van der Waals surface area contributed by atoms with Crippen molar-refractivity contribution >= 4 is 28.8 Å². The maximum absolute atomic E-state index is 13.1. The summed E-state index contributed by atoms with van der Waals surface area (Å²) in [6, 6.07) is 12.1. The second-order valence-electron chi connectivity index (χ2n) is 8.01. The molecule has 3 N–H and O–H groups in total. The molecule has 0 aliphatic carbocycles. The Balaban J connectivity index is 1.52. The van der Waals surface area contributed by atoms with Crippen LogP contribution < -0.4 is 20.7 Å². The Kier molecular flexibility index (Phi) is 4.63. The van der Waals surface area contributed by atoms with E-state index in [0.717, 1.165) is 16.5 Å². The number of urea groups is 1. The molecule has 1 atom stereocenters. The quantitative estimate of drug-likeness (QED) is 0.511. The van der Waals surface area contributed by atoms with Crippen molar-refractivity contribution in [3.63, 3.8) is 0 Å². The van der Waals surface area contributed by atoms with Gasteiger partial charge in [-0.2, -0.15) is 0 Å². The Morgan fingerprint density at radius 3 is 2.72 bits per heavy atom. The minimum atomic E-state index is -1.53. The Morgan fingerprint density at radius 1 is 1.16 bits per heavy atom. The van der Waals surface area contributed by atoms with Crippen molar-refractivity contribution < 1.29 is 23.5 Å². The molecule has 2 aliphatic heterocycles. The number of carbonyl (C=O) groups excluding carboxylic acids is 3. The number of amides is 4. The molecule has 5 rings (SSSR count). The number of benzene rings is 2. The van der Waals surface area contributed by atoms with Crippen LogP contribution in [-0.4, -0.2) is 43.4 Å². The predicted molar refractivity (Wildman–Crippen MR) is 115 cm³/mol. The largest absolute Gasteiger partial charge is 0.497 e. The fourth-order valence-corrected chi connectivity index (χ4v) is 4.35. The van der Waals surface area contributed by atoms with E-state index in [1.807, 2.05) is 31.3 Å². The molecule has 2 aliphatic rings. The van der Waals surface area contributed by atoms with Crippen LogP contribution in [0, 0.1) is 0 Å². The smallest absolute Gasteiger partial charge is 0.322 e. The van der Waals surface area contributed by atoms with Crippen molar-refractivity contribution in [2.24, 2.45) is 0 Å². The summed E-state index contributed by atoms with van der Waals surface area (Å²) in [6.45, 7) is 0.933. The van der Waals surface area contributed by atoms with Crippen LogP contribution in [0.25, 0.3) is 11.0 Å². The van der Waals surface area contributed by atoms with Crippen molar-refractivity contribution in [3.05, 3.63) is 64.9 Å². The van der Waals surface area contributed by atoms with Crippen LogP contribution in [-0.2, 0) is 23.4 Å². The molecular formula is C23H22N4O5. The van der Waals surface area contributed by atoms with Gasteiger partial charge in [0.2, 0.25) is 0 Å². The normalized spacial score (nSPS) is 19.9. The summed E-state index contributed by atoms with van der Waals surface area (Å²) in [5, 5.41) is 8.90. The van der Waals surface area contributed by atoms with E-state index in [4.69, 9.17) is 9.15 Å². The lowest BCUT2D eigenvalue weighted by Crippen LogP contribution is -2.52. The monoisotopic (exact) mass is 434 g/mol. The summed E-state index contributed by atoms with van der Waals surface area (Å²) < 4.78 is 11.2. The van der Waals surface area contributed by atoms with Crippen LogP contribution >= 0.6 is 0 Å². The van der Waals surface area contributed by atoms with Gasteiger partial charge in [-0.1, -0.05) is 12.1 Å². The highest BCUT2D eigenvalue weighted by atomic mass is 16.5. The maximum atomic E-state index is 13.1. The average molecular weight is 434 g/mol. The van der Waals surface area contributed by atoms with Gasteiger partial charge in [-0.25, -0.2) is 4.79 Å². The predicted octanol–water partition coefficient (Wildman–Crippen LogP) is 1.85. The van der Waals surface area contributed by atoms with Crippen molar-refractivity contribution in [2.75, 3.05) is 20.7 Å². The first-order chi connectivity index (χ1) is 15.4. The van der Waals surface area contributed by atoms with E-state index in [0.29, 0.717) is 30.0 Å². The number of nitrogens with zero attached hydrogens (tertiary/aromatic N) is 1. The van der Waals surface area contributed by atoms with Gasteiger partial charge in [0.1, 0.15) is 17.1 Å². The minimum absolute atomic E-state index is 0.0659. The summed E-state index contributed by atoms with van der Waals surface area (Å²) >= 11 is 0. The van der Waals surface area contributed by atoms with E-state index in [9.17, 15) is 14.4 Å². The lowest BCUT2D eigenvalue weighted by atomic mass is 9.95. The number of fused-ring (bicyclic) bond motifs is 2. The molecule has 1 aromatic heterocycles. The Labute approximate surface area is 183 Å². The number of nitrogens with one attached hydrogen (secondary N) is 3. The van der Waals surface area contributed by atoms with Crippen LogP contribution in [0.3, 0.4) is 0 Å². The van der Waals surface area contributed by atoms with Crippen LogP contribution in [0.15, 0.2) is 46.9 Å². The maximum Gasteiger partial charge on any atom is 0.322 e. The number of methoxy groups -OCH3 is 1. The zero-order chi connectivity index (χ0) is 22.5. The van der Waals surface area contributed by atoms with E-state index in [-0.39, 0.29) is 18.2 Å². The number of ether oxygens (including phenoxy) is 1. The molecule has 2 aromatic carbocycles. The van der Waals surface area contributed by atoms with Gasteiger partial charge in [-0.15, -0.1) is 0 Å². The van der Waals surface area contributed by atoms with Crippen LogP contribution in [0.2, 0.25) is 0 Å². The Bertz CT molecular complexity index is 1270. The molecule has 0 radical (unpaired) electrons. The van der Waals surface area contributed by atoms with Gasteiger partial charge in [0.25, 0.3) is 11.8 Å². The van der Waals surface area contributed by atoms with Crippen molar-refractivity contribution in [1.82, 2.24) is 20.9 Å². The van der Waals surface area contributed by atoms with Crippen LogP contribution in [0.5, 0.6) is 5.75 Å². The standard InChI is InChI=1S/C23H22N4O5/c1-24-10-13-3-6-18-15(7-13)8-19(32-18)23(21(29)25-22(30)26-23)12-27-11-14-4-5-16(31-2)9-17(14)20(27)28/h3-9,24H,10-12H2,1-2H3,(H2,25,26,29,30)/t23-/m0/s1. The lowest BCUT2D eigenvalue weighted by Gasteiger charge is -2.29. The molecular weight excluding hydrogens is 412 g/mol. The lowest BCUT2D eigenvalue weighted by molar-refractivity contribution is -0.125. The molecule has 0 bridgehead atoms. The number of hydrogen-bond donors (Lipinski definition) is 3. The molecule has 1 saturated heterocycles. The molecule has 0 unspecified atom stereocenters. The summed E-state index contributed by atoms with van der Waals surface area (Å²) in [6.07, 6.45) is 0. The molecule has 164 valence electrons. The summed E-state index contributed by atoms with van der Waals surface area (Å²) in [5.74, 6) is 0.0620. The number of hydrogen-bond acceptors (Lipinski definition) is 6. The first kappa shape index (κ1) is 20.1. The zero-order valence-corrected chi connectivity index (χ0v) is 17.7. The van der Waals surface area contributed by atoms with Crippen LogP contribution in [0.4, 0.5) is 4.79 Å².